The molecule has 0 atom stereocenters. The number of fused-ring (bicyclic) bond motifs is 1. The first-order valence-electron chi connectivity index (χ1n) is 8.43. The summed E-state index contributed by atoms with van der Waals surface area (Å²) in [6, 6.07) is 24.7. The Morgan fingerprint density at radius 2 is 1.62 bits per heavy atom. The van der Waals surface area contributed by atoms with E-state index in [1.54, 1.807) is 12.1 Å². The van der Waals surface area contributed by atoms with Gasteiger partial charge in [0.05, 0.1) is 11.1 Å². The van der Waals surface area contributed by atoms with Crippen LogP contribution < -0.4 is 5.43 Å². The zero-order valence-corrected chi connectivity index (χ0v) is 14.3. The van der Waals surface area contributed by atoms with Gasteiger partial charge in [-0.05, 0) is 48.9 Å². The zero-order valence-electron chi connectivity index (χ0n) is 14.3. The van der Waals surface area contributed by atoms with E-state index in [0.717, 1.165) is 16.8 Å². The zero-order chi connectivity index (χ0) is 17.9. The minimum atomic E-state index is -0.0386. The normalized spacial score (nSPS) is 11.3. The fraction of sp³-hybridized carbons (Fsp3) is 0.0435. The lowest BCUT2D eigenvalue weighted by Gasteiger charge is -2.03. The quantitative estimate of drug-likeness (QED) is 0.461. The Bertz CT molecular complexity index is 1140. The standard InChI is InChI=1S/C23H17NO2/c1-16-6-8-17(9-7-16)15-24-19-12-10-18(11-13-19)23-14-21(25)20-4-2-3-5-22(20)26-23/h2-15H,1H3. The van der Waals surface area contributed by atoms with Gasteiger partial charge in [0.15, 0.2) is 5.43 Å². The Morgan fingerprint density at radius 3 is 2.38 bits per heavy atom. The van der Waals surface area contributed by atoms with Crippen LogP contribution in [0.25, 0.3) is 22.3 Å². The van der Waals surface area contributed by atoms with Crippen molar-refractivity contribution in [3.8, 4) is 11.3 Å². The average Bonchev–Trinajstić information content (AvgIpc) is 2.68. The highest BCUT2D eigenvalue weighted by Gasteiger charge is 2.06. The van der Waals surface area contributed by atoms with Crippen LogP contribution in [-0.4, -0.2) is 6.21 Å². The third-order valence-electron chi connectivity index (χ3n) is 4.23. The lowest BCUT2D eigenvalue weighted by atomic mass is 10.1. The molecule has 0 aliphatic carbocycles. The third-order valence-corrected chi connectivity index (χ3v) is 4.23. The van der Waals surface area contributed by atoms with E-state index in [-0.39, 0.29) is 5.43 Å². The summed E-state index contributed by atoms with van der Waals surface area (Å²) in [7, 11) is 0. The summed E-state index contributed by atoms with van der Waals surface area (Å²) in [5.74, 6) is 0.558. The lowest BCUT2D eigenvalue weighted by molar-refractivity contribution is 0.619. The van der Waals surface area contributed by atoms with Crippen LogP contribution in [0.2, 0.25) is 0 Å². The predicted molar refractivity (Wildman–Crippen MR) is 106 cm³/mol. The number of nitrogens with zero attached hydrogens (tertiary/aromatic N) is 1. The monoisotopic (exact) mass is 339 g/mol. The Hall–Kier alpha value is -3.46. The largest absolute Gasteiger partial charge is 0.456 e. The summed E-state index contributed by atoms with van der Waals surface area (Å²) in [5, 5.41) is 0.593. The van der Waals surface area contributed by atoms with E-state index >= 15 is 0 Å². The molecular formula is C23H17NO2. The molecule has 0 radical (unpaired) electrons. The SMILES string of the molecule is Cc1ccc(C=Nc2ccc(-c3cc(=O)c4ccccc4o3)cc2)cc1. The number of rotatable bonds is 3. The average molecular weight is 339 g/mol. The number of hydrogen-bond donors (Lipinski definition) is 0. The Morgan fingerprint density at radius 1 is 0.885 bits per heavy atom. The molecule has 4 aromatic rings. The molecule has 3 aromatic carbocycles. The first kappa shape index (κ1) is 16.0. The van der Waals surface area contributed by atoms with Crippen molar-refractivity contribution in [2.75, 3.05) is 0 Å². The maximum absolute atomic E-state index is 12.2. The fourth-order valence-electron chi connectivity index (χ4n) is 2.76. The number of hydrogen-bond acceptors (Lipinski definition) is 3. The van der Waals surface area contributed by atoms with Crippen molar-refractivity contribution in [3.63, 3.8) is 0 Å². The maximum Gasteiger partial charge on any atom is 0.193 e. The van der Waals surface area contributed by atoms with Gasteiger partial charge in [-0.15, -0.1) is 0 Å². The van der Waals surface area contributed by atoms with Crippen LogP contribution in [0.15, 0.2) is 93.1 Å². The first-order valence-corrected chi connectivity index (χ1v) is 8.43. The Labute approximate surface area is 151 Å². The molecule has 3 heteroatoms. The van der Waals surface area contributed by atoms with Gasteiger partial charge < -0.3 is 4.42 Å². The second kappa shape index (κ2) is 6.81. The molecular weight excluding hydrogens is 322 g/mol. The second-order valence-electron chi connectivity index (χ2n) is 6.19. The molecule has 4 rings (SSSR count). The van der Waals surface area contributed by atoms with Crippen LogP contribution in [0.1, 0.15) is 11.1 Å². The van der Waals surface area contributed by atoms with Crippen LogP contribution in [0.5, 0.6) is 0 Å². The minimum Gasteiger partial charge on any atom is -0.456 e. The Kier molecular flexibility index (Phi) is 4.20. The van der Waals surface area contributed by atoms with Gasteiger partial charge in [-0.25, -0.2) is 0 Å². The Balaban J connectivity index is 1.61. The van der Waals surface area contributed by atoms with Gasteiger partial charge in [-0.1, -0.05) is 42.0 Å². The summed E-state index contributed by atoms with van der Waals surface area (Å²) in [5.41, 5.74) is 4.53. The van der Waals surface area contributed by atoms with Crippen molar-refractivity contribution in [3.05, 3.63) is 100 Å². The number of benzene rings is 3. The highest BCUT2D eigenvalue weighted by atomic mass is 16.3. The molecule has 0 N–H and O–H groups in total. The van der Waals surface area contributed by atoms with Crippen LogP contribution in [0.4, 0.5) is 5.69 Å². The molecule has 26 heavy (non-hydrogen) atoms. The van der Waals surface area contributed by atoms with Gasteiger partial charge in [-0.2, -0.15) is 0 Å². The van der Waals surface area contributed by atoms with Crippen molar-refractivity contribution in [1.29, 1.82) is 0 Å². The van der Waals surface area contributed by atoms with Crippen molar-refractivity contribution in [2.45, 2.75) is 6.92 Å². The molecule has 0 aliphatic heterocycles. The summed E-state index contributed by atoms with van der Waals surface area (Å²) in [6.45, 7) is 2.06. The van der Waals surface area contributed by atoms with Crippen LogP contribution in [0.3, 0.4) is 0 Å². The lowest BCUT2D eigenvalue weighted by Crippen LogP contribution is -1.99. The van der Waals surface area contributed by atoms with E-state index in [4.69, 9.17) is 4.42 Å². The molecule has 0 bridgehead atoms. The summed E-state index contributed by atoms with van der Waals surface area (Å²) in [4.78, 5) is 16.7. The van der Waals surface area contributed by atoms with Crippen molar-refractivity contribution >= 4 is 22.9 Å². The van der Waals surface area contributed by atoms with E-state index in [0.29, 0.717) is 16.7 Å². The van der Waals surface area contributed by atoms with Crippen LogP contribution >= 0.6 is 0 Å². The highest BCUT2D eigenvalue weighted by Crippen LogP contribution is 2.24. The molecule has 0 saturated heterocycles. The molecule has 3 nitrogen and oxygen atoms in total. The summed E-state index contributed by atoms with van der Waals surface area (Å²) >= 11 is 0. The summed E-state index contributed by atoms with van der Waals surface area (Å²) in [6.07, 6.45) is 1.84. The molecule has 126 valence electrons. The van der Waals surface area contributed by atoms with Crippen molar-refractivity contribution in [2.24, 2.45) is 4.99 Å². The molecule has 0 amide bonds. The van der Waals surface area contributed by atoms with E-state index < -0.39 is 0 Å². The summed E-state index contributed by atoms with van der Waals surface area (Å²) < 4.78 is 5.87. The maximum atomic E-state index is 12.2. The second-order valence-corrected chi connectivity index (χ2v) is 6.19. The molecule has 0 saturated carbocycles. The number of aryl methyl sites for hydroxylation is 1. The smallest absolute Gasteiger partial charge is 0.193 e. The van der Waals surface area contributed by atoms with Gasteiger partial charge in [0.2, 0.25) is 0 Å². The molecule has 1 heterocycles. The number of para-hydroxylation sites is 1. The van der Waals surface area contributed by atoms with Gasteiger partial charge in [0.25, 0.3) is 0 Å². The fourth-order valence-corrected chi connectivity index (χ4v) is 2.76. The van der Waals surface area contributed by atoms with E-state index in [9.17, 15) is 4.79 Å². The van der Waals surface area contributed by atoms with Gasteiger partial charge in [0, 0.05) is 17.8 Å². The first-order chi connectivity index (χ1) is 12.7. The molecule has 1 aromatic heterocycles. The molecule has 0 aliphatic rings. The minimum absolute atomic E-state index is 0.0386. The van der Waals surface area contributed by atoms with Crippen molar-refractivity contribution < 1.29 is 4.42 Å². The van der Waals surface area contributed by atoms with E-state index in [1.807, 2.05) is 54.7 Å². The van der Waals surface area contributed by atoms with Gasteiger partial charge in [-0.3, -0.25) is 9.79 Å². The highest BCUT2D eigenvalue weighted by molar-refractivity contribution is 5.82. The third kappa shape index (κ3) is 3.33. The van der Waals surface area contributed by atoms with Gasteiger partial charge >= 0.3 is 0 Å². The van der Waals surface area contributed by atoms with E-state index in [1.165, 1.54) is 11.6 Å². The number of aliphatic imine (C=N–C) groups is 1. The van der Waals surface area contributed by atoms with Crippen molar-refractivity contribution in [1.82, 2.24) is 0 Å². The molecule has 0 spiro atoms. The van der Waals surface area contributed by atoms with E-state index in [2.05, 4.69) is 24.0 Å². The van der Waals surface area contributed by atoms with Gasteiger partial charge in [0.1, 0.15) is 11.3 Å². The molecule has 0 unspecified atom stereocenters. The van der Waals surface area contributed by atoms with Crippen LogP contribution in [-0.2, 0) is 0 Å². The van der Waals surface area contributed by atoms with Crippen LogP contribution in [0, 0.1) is 6.92 Å². The molecule has 0 fully saturated rings. The topological polar surface area (TPSA) is 42.6 Å². The predicted octanol–water partition coefficient (Wildman–Crippen LogP) is 5.52.